The fourth-order valence-electron chi connectivity index (χ4n) is 2.35. The molecule has 0 bridgehead atoms. The highest BCUT2D eigenvalue weighted by molar-refractivity contribution is 7.99. The van der Waals surface area contributed by atoms with E-state index in [4.69, 9.17) is 5.73 Å². The average molecular weight is 266 g/mol. The summed E-state index contributed by atoms with van der Waals surface area (Å²) in [7, 11) is 0. The van der Waals surface area contributed by atoms with E-state index in [9.17, 15) is 0 Å². The average Bonchev–Trinajstić information content (AvgIpc) is 3.28. The normalized spacial score (nSPS) is 21.2. The summed E-state index contributed by atoms with van der Waals surface area (Å²) in [5, 5.41) is 10.6. The van der Waals surface area contributed by atoms with E-state index in [2.05, 4.69) is 21.7 Å². The lowest BCUT2D eigenvalue weighted by Gasteiger charge is -2.14. The van der Waals surface area contributed by atoms with Gasteiger partial charge in [0.05, 0.1) is 0 Å². The van der Waals surface area contributed by atoms with Gasteiger partial charge in [0.15, 0.2) is 5.16 Å². The van der Waals surface area contributed by atoms with Crippen LogP contribution in [0.4, 0.5) is 0 Å². The summed E-state index contributed by atoms with van der Waals surface area (Å²) >= 11 is 1.88. The molecule has 0 amide bonds. The molecule has 18 heavy (non-hydrogen) atoms. The van der Waals surface area contributed by atoms with Crippen molar-refractivity contribution in [2.24, 2.45) is 5.73 Å². The van der Waals surface area contributed by atoms with E-state index in [1.54, 1.807) is 0 Å². The molecule has 1 unspecified atom stereocenters. The zero-order valence-corrected chi connectivity index (χ0v) is 11.8. The molecule has 1 aromatic heterocycles. The molecule has 2 aliphatic rings. The van der Waals surface area contributed by atoms with Gasteiger partial charge in [0.2, 0.25) is 0 Å². The van der Waals surface area contributed by atoms with Gasteiger partial charge in [-0.25, -0.2) is 0 Å². The number of thioether (sulfide) groups is 1. The maximum absolute atomic E-state index is 5.68. The quantitative estimate of drug-likeness (QED) is 0.771. The van der Waals surface area contributed by atoms with Crippen LogP contribution >= 0.6 is 11.8 Å². The molecule has 1 heterocycles. The molecule has 2 fully saturated rings. The van der Waals surface area contributed by atoms with Crippen LogP contribution in [0.3, 0.4) is 0 Å². The van der Waals surface area contributed by atoms with Crippen LogP contribution in [-0.4, -0.2) is 26.6 Å². The van der Waals surface area contributed by atoms with Crippen molar-refractivity contribution in [3.8, 4) is 0 Å². The van der Waals surface area contributed by atoms with Gasteiger partial charge in [-0.2, -0.15) is 0 Å². The Bertz CT molecular complexity index is 409. The molecule has 1 aromatic rings. The summed E-state index contributed by atoms with van der Waals surface area (Å²) in [6.45, 7) is 2.99. The smallest absolute Gasteiger partial charge is 0.191 e. The molecule has 3 rings (SSSR count). The van der Waals surface area contributed by atoms with Crippen LogP contribution in [0.25, 0.3) is 0 Å². The molecular weight excluding hydrogens is 244 g/mol. The molecule has 100 valence electrons. The molecule has 0 radical (unpaired) electrons. The van der Waals surface area contributed by atoms with Crippen LogP contribution in [0.5, 0.6) is 0 Å². The van der Waals surface area contributed by atoms with Gasteiger partial charge in [0, 0.05) is 17.2 Å². The van der Waals surface area contributed by atoms with Gasteiger partial charge in [-0.3, -0.25) is 0 Å². The molecule has 5 heteroatoms. The first-order valence-corrected chi connectivity index (χ1v) is 8.03. The van der Waals surface area contributed by atoms with Gasteiger partial charge in [-0.05, 0) is 45.1 Å². The Balaban J connectivity index is 1.78. The van der Waals surface area contributed by atoms with Gasteiger partial charge in [-0.1, -0.05) is 18.7 Å². The molecule has 2 saturated carbocycles. The summed E-state index contributed by atoms with van der Waals surface area (Å²) in [5.41, 5.74) is 5.68. The molecule has 4 nitrogen and oxygen atoms in total. The van der Waals surface area contributed by atoms with E-state index >= 15 is 0 Å². The molecule has 0 spiro atoms. The Kier molecular flexibility index (Phi) is 3.61. The Labute approximate surface area is 113 Å². The number of nitrogens with two attached hydrogens (primary N) is 1. The van der Waals surface area contributed by atoms with Crippen molar-refractivity contribution in [1.82, 2.24) is 14.8 Å². The third kappa shape index (κ3) is 2.57. The van der Waals surface area contributed by atoms with Crippen LogP contribution in [0.2, 0.25) is 0 Å². The summed E-state index contributed by atoms with van der Waals surface area (Å²) < 4.78 is 2.43. The second-order valence-corrected chi connectivity index (χ2v) is 6.71. The zero-order chi connectivity index (χ0) is 12.5. The second kappa shape index (κ2) is 5.21. The van der Waals surface area contributed by atoms with Crippen LogP contribution in [0.1, 0.15) is 63.2 Å². The maximum Gasteiger partial charge on any atom is 0.191 e. The Morgan fingerprint density at radius 3 is 2.67 bits per heavy atom. The minimum atomic E-state index is 0.587. The first kappa shape index (κ1) is 12.5. The predicted molar refractivity (Wildman–Crippen MR) is 73.9 cm³/mol. The highest BCUT2D eigenvalue weighted by Crippen LogP contribution is 2.46. The highest BCUT2D eigenvalue weighted by atomic mass is 32.2. The number of nitrogens with zero attached hydrogens (tertiary/aromatic N) is 3. The van der Waals surface area contributed by atoms with Gasteiger partial charge in [0.1, 0.15) is 5.82 Å². The highest BCUT2D eigenvalue weighted by Gasteiger charge is 2.36. The monoisotopic (exact) mass is 266 g/mol. The van der Waals surface area contributed by atoms with Gasteiger partial charge in [0.25, 0.3) is 0 Å². The molecule has 0 aromatic carbocycles. The lowest BCUT2D eigenvalue weighted by atomic mass is 10.2. The largest absolute Gasteiger partial charge is 0.330 e. The van der Waals surface area contributed by atoms with E-state index in [-0.39, 0.29) is 0 Å². The van der Waals surface area contributed by atoms with E-state index in [0.717, 1.165) is 24.5 Å². The molecule has 1 atom stereocenters. The number of aromatic nitrogens is 3. The van der Waals surface area contributed by atoms with Gasteiger partial charge in [-0.15, -0.1) is 10.2 Å². The number of hydrogen-bond donors (Lipinski definition) is 1. The standard InChI is InChI=1S/C13H22N4S/c1-2-11(7-8-14)18-13-16-15-12(9-3-4-9)17(13)10-5-6-10/h9-11H,2-8,14H2,1H3. The third-order valence-electron chi connectivity index (χ3n) is 3.76. The minimum Gasteiger partial charge on any atom is -0.330 e. The fourth-order valence-corrected chi connectivity index (χ4v) is 3.51. The molecular formula is C13H22N4S. The van der Waals surface area contributed by atoms with Crippen molar-refractivity contribution in [1.29, 1.82) is 0 Å². The van der Waals surface area contributed by atoms with Gasteiger partial charge < -0.3 is 10.3 Å². The van der Waals surface area contributed by atoms with Crippen LogP contribution in [0, 0.1) is 0 Å². The number of hydrogen-bond acceptors (Lipinski definition) is 4. The van der Waals surface area contributed by atoms with Crippen molar-refractivity contribution in [2.45, 2.75) is 67.8 Å². The lowest BCUT2D eigenvalue weighted by Crippen LogP contribution is -2.11. The molecule has 2 aliphatic carbocycles. The summed E-state index contributed by atoms with van der Waals surface area (Å²) in [6.07, 6.45) is 7.43. The van der Waals surface area contributed by atoms with Crippen LogP contribution in [-0.2, 0) is 0 Å². The minimum absolute atomic E-state index is 0.587. The number of rotatable bonds is 7. The Morgan fingerprint density at radius 1 is 1.33 bits per heavy atom. The molecule has 0 saturated heterocycles. The van der Waals surface area contributed by atoms with E-state index < -0.39 is 0 Å². The van der Waals surface area contributed by atoms with E-state index in [1.165, 1.54) is 31.5 Å². The Hall–Kier alpha value is -0.550. The van der Waals surface area contributed by atoms with E-state index in [0.29, 0.717) is 17.2 Å². The van der Waals surface area contributed by atoms with Crippen LogP contribution < -0.4 is 5.73 Å². The topological polar surface area (TPSA) is 56.7 Å². The third-order valence-corrected chi connectivity index (χ3v) is 5.15. The fraction of sp³-hybridized carbons (Fsp3) is 0.846. The molecule has 0 aliphatic heterocycles. The van der Waals surface area contributed by atoms with Crippen molar-refractivity contribution < 1.29 is 0 Å². The Morgan fingerprint density at radius 2 is 2.11 bits per heavy atom. The van der Waals surface area contributed by atoms with Gasteiger partial charge >= 0.3 is 0 Å². The van der Waals surface area contributed by atoms with Crippen molar-refractivity contribution >= 4 is 11.8 Å². The zero-order valence-electron chi connectivity index (χ0n) is 11.0. The molecule has 2 N–H and O–H groups in total. The van der Waals surface area contributed by atoms with Crippen molar-refractivity contribution in [2.75, 3.05) is 6.54 Å². The predicted octanol–water partition coefficient (Wildman–Crippen LogP) is 2.71. The first-order chi connectivity index (χ1) is 8.83. The lowest BCUT2D eigenvalue weighted by molar-refractivity contribution is 0.623. The first-order valence-electron chi connectivity index (χ1n) is 7.15. The summed E-state index contributed by atoms with van der Waals surface area (Å²) in [5.74, 6) is 1.95. The van der Waals surface area contributed by atoms with Crippen molar-refractivity contribution in [3.05, 3.63) is 5.82 Å². The van der Waals surface area contributed by atoms with E-state index in [1.807, 2.05) is 11.8 Å². The SMILES string of the molecule is CCC(CCN)Sc1nnc(C2CC2)n1C1CC1. The van der Waals surface area contributed by atoms with Crippen LogP contribution in [0.15, 0.2) is 5.16 Å². The second-order valence-electron chi connectivity index (χ2n) is 5.44. The summed E-state index contributed by atoms with van der Waals surface area (Å²) in [4.78, 5) is 0. The van der Waals surface area contributed by atoms with Crippen molar-refractivity contribution in [3.63, 3.8) is 0 Å². The maximum atomic E-state index is 5.68. The summed E-state index contributed by atoms with van der Waals surface area (Å²) in [6, 6.07) is 0.688.